The molecule has 0 N–H and O–H groups in total. The van der Waals surface area contributed by atoms with Crippen molar-refractivity contribution >= 4 is 5.97 Å². The summed E-state index contributed by atoms with van der Waals surface area (Å²) in [6.07, 6.45) is 1.82. The van der Waals surface area contributed by atoms with Gasteiger partial charge in [0.25, 0.3) is 0 Å². The number of hydrogen-bond donors (Lipinski definition) is 0. The van der Waals surface area contributed by atoms with E-state index in [0.29, 0.717) is 6.61 Å². The summed E-state index contributed by atoms with van der Waals surface area (Å²) in [5.74, 6) is -0.650. The average molecular weight is 131 g/mol. The fourth-order valence-electron chi connectivity index (χ4n) is 0.372. The standard InChI is InChI=1S/C6H11O3/c1-2-3-4-9-6(8)5-7/h2-5H2,1H3. The molecular weight excluding hydrogens is 120 g/mol. The van der Waals surface area contributed by atoms with E-state index in [1.54, 1.807) is 0 Å². The minimum atomic E-state index is -0.760. The zero-order valence-electron chi connectivity index (χ0n) is 5.55. The van der Waals surface area contributed by atoms with E-state index < -0.39 is 12.6 Å². The van der Waals surface area contributed by atoms with Crippen LogP contribution in [0.5, 0.6) is 0 Å². The predicted octanol–water partition coefficient (Wildman–Crippen LogP) is 0.760. The summed E-state index contributed by atoms with van der Waals surface area (Å²) in [7, 11) is 0. The smallest absolute Gasteiger partial charge is 0.335 e. The molecule has 0 aromatic heterocycles. The lowest BCUT2D eigenvalue weighted by molar-refractivity contribution is -0.149. The van der Waals surface area contributed by atoms with Gasteiger partial charge in [-0.2, -0.15) is 0 Å². The van der Waals surface area contributed by atoms with Crippen molar-refractivity contribution in [3.05, 3.63) is 0 Å². The zero-order valence-corrected chi connectivity index (χ0v) is 5.55. The third-order valence-corrected chi connectivity index (χ3v) is 0.879. The van der Waals surface area contributed by atoms with E-state index in [2.05, 4.69) is 4.74 Å². The lowest BCUT2D eigenvalue weighted by Gasteiger charge is -1.97. The molecule has 0 heterocycles. The molecule has 0 atom stereocenters. The second-order valence-electron chi connectivity index (χ2n) is 1.72. The van der Waals surface area contributed by atoms with Gasteiger partial charge in [-0.25, -0.2) is 9.90 Å². The molecule has 0 amide bonds. The van der Waals surface area contributed by atoms with Crippen LogP contribution in [0.15, 0.2) is 0 Å². The van der Waals surface area contributed by atoms with Crippen molar-refractivity contribution in [3.8, 4) is 0 Å². The molecule has 3 nitrogen and oxygen atoms in total. The molecule has 0 rings (SSSR count). The summed E-state index contributed by atoms with van der Waals surface area (Å²) in [5.41, 5.74) is 0. The SMILES string of the molecule is CCCCOC(=O)C[O]. The molecule has 0 saturated carbocycles. The van der Waals surface area contributed by atoms with Crippen molar-refractivity contribution in [3.63, 3.8) is 0 Å². The summed E-state index contributed by atoms with van der Waals surface area (Å²) in [6, 6.07) is 0. The first-order valence-electron chi connectivity index (χ1n) is 3.05. The molecule has 1 radical (unpaired) electrons. The number of esters is 1. The molecule has 53 valence electrons. The Morgan fingerprint density at radius 2 is 2.22 bits per heavy atom. The van der Waals surface area contributed by atoms with Crippen molar-refractivity contribution in [2.75, 3.05) is 13.2 Å². The minimum Gasteiger partial charge on any atom is -0.464 e. The molecular formula is C6H11O3. The normalized spacial score (nSPS) is 9.11. The van der Waals surface area contributed by atoms with Crippen molar-refractivity contribution in [2.24, 2.45) is 0 Å². The third-order valence-electron chi connectivity index (χ3n) is 0.879. The van der Waals surface area contributed by atoms with Gasteiger partial charge in [-0.05, 0) is 6.42 Å². The van der Waals surface area contributed by atoms with Gasteiger partial charge in [-0.1, -0.05) is 13.3 Å². The number of unbranched alkanes of at least 4 members (excludes halogenated alkanes) is 1. The van der Waals surface area contributed by atoms with Gasteiger partial charge in [0.1, 0.15) is 0 Å². The Labute approximate surface area is 54.6 Å². The molecule has 3 heteroatoms. The largest absolute Gasteiger partial charge is 0.464 e. The van der Waals surface area contributed by atoms with Crippen molar-refractivity contribution < 1.29 is 14.6 Å². The number of rotatable bonds is 4. The van der Waals surface area contributed by atoms with E-state index in [1.807, 2.05) is 6.92 Å². The summed E-state index contributed by atoms with van der Waals surface area (Å²) in [4.78, 5) is 10.2. The first-order chi connectivity index (χ1) is 4.31. The fraction of sp³-hybridized carbons (Fsp3) is 0.833. The molecule has 0 aliphatic rings. The van der Waals surface area contributed by atoms with Gasteiger partial charge < -0.3 is 4.74 Å². The zero-order chi connectivity index (χ0) is 7.11. The van der Waals surface area contributed by atoms with Crippen LogP contribution in [0.4, 0.5) is 0 Å². The molecule has 0 aliphatic heterocycles. The Hall–Kier alpha value is -0.570. The van der Waals surface area contributed by atoms with Crippen molar-refractivity contribution in [2.45, 2.75) is 19.8 Å². The van der Waals surface area contributed by atoms with Crippen LogP contribution < -0.4 is 0 Å². The van der Waals surface area contributed by atoms with E-state index in [9.17, 15) is 9.90 Å². The summed E-state index contributed by atoms with van der Waals surface area (Å²) in [5, 5.41) is 9.75. The maximum absolute atomic E-state index is 10.2. The Kier molecular flexibility index (Phi) is 5.21. The Morgan fingerprint density at radius 3 is 2.67 bits per heavy atom. The molecule has 0 aromatic carbocycles. The molecule has 0 saturated heterocycles. The monoisotopic (exact) mass is 131 g/mol. The van der Waals surface area contributed by atoms with E-state index in [4.69, 9.17) is 0 Å². The highest BCUT2D eigenvalue weighted by molar-refractivity contribution is 5.70. The molecule has 0 fully saturated rings. The average Bonchev–Trinajstić information content (AvgIpc) is 1.89. The molecule has 0 spiro atoms. The Bertz CT molecular complexity index is 80.4. The lowest BCUT2D eigenvalue weighted by Crippen LogP contribution is -2.08. The van der Waals surface area contributed by atoms with Crippen LogP contribution in [0.2, 0.25) is 0 Å². The van der Waals surface area contributed by atoms with E-state index >= 15 is 0 Å². The Morgan fingerprint density at radius 1 is 1.56 bits per heavy atom. The van der Waals surface area contributed by atoms with Crippen LogP contribution in [-0.4, -0.2) is 19.2 Å². The van der Waals surface area contributed by atoms with E-state index in [0.717, 1.165) is 12.8 Å². The maximum Gasteiger partial charge on any atom is 0.335 e. The number of carbonyl (C=O) groups excluding carboxylic acids is 1. The van der Waals surface area contributed by atoms with Crippen LogP contribution >= 0.6 is 0 Å². The van der Waals surface area contributed by atoms with E-state index in [-0.39, 0.29) is 0 Å². The third kappa shape index (κ3) is 5.30. The fourth-order valence-corrected chi connectivity index (χ4v) is 0.372. The first kappa shape index (κ1) is 8.43. The lowest BCUT2D eigenvalue weighted by atomic mass is 10.4. The van der Waals surface area contributed by atoms with Crippen molar-refractivity contribution in [1.29, 1.82) is 0 Å². The van der Waals surface area contributed by atoms with Crippen LogP contribution in [-0.2, 0) is 14.6 Å². The van der Waals surface area contributed by atoms with Crippen LogP contribution in [0.25, 0.3) is 0 Å². The van der Waals surface area contributed by atoms with Gasteiger partial charge in [-0.15, -0.1) is 0 Å². The molecule has 0 bridgehead atoms. The van der Waals surface area contributed by atoms with Crippen molar-refractivity contribution in [1.82, 2.24) is 0 Å². The minimum absolute atomic E-state index is 0.386. The summed E-state index contributed by atoms with van der Waals surface area (Å²) >= 11 is 0. The van der Waals surface area contributed by atoms with Crippen LogP contribution in [0.1, 0.15) is 19.8 Å². The van der Waals surface area contributed by atoms with Gasteiger partial charge in [-0.3, -0.25) is 0 Å². The van der Waals surface area contributed by atoms with Gasteiger partial charge in [0, 0.05) is 0 Å². The molecule has 0 aliphatic carbocycles. The number of hydrogen-bond acceptors (Lipinski definition) is 2. The highest BCUT2D eigenvalue weighted by Gasteiger charge is 1.97. The van der Waals surface area contributed by atoms with Gasteiger partial charge in [0.05, 0.1) is 6.61 Å². The van der Waals surface area contributed by atoms with E-state index in [1.165, 1.54) is 0 Å². The van der Waals surface area contributed by atoms with Gasteiger partial charge >= 0.3 is 5.97 Å². The number of carbonyl (C=O) groups is 1. The first-order valence-corrected chi connectivity index (χ1v) is 3.05. The molecule has 9 heavy (non-hydrogen) atoms. The number of ether oxygens (including phenoxy) is 1. The predicted molar refractivity (Wildman–Crippen MR) is 31.4 cm³/mol. The van der Waals surface area contributed by atoms with Crippen LogP contribution in [0, 0.1) is 0 Å². The molecule has 0 aromatic rings. The highest BCUT2D eigenvalue weighted by Crippen LogP contribution is 1.87. The van der Waals surface area contributed by atoms with Crippen LogP contribution in [0.3, 0.4) is 0 Å². The summed E-state index contributed by atoms with van der Waals surface area (Å²) in [6.45, 7) is 1.62. The quantitative estimate of drug-likeness (QED) is 0.417. The second kappa shape index (κ2) is 5.56. The Balaban J connectivity index is 2.97. The second-order valence-corrected chi connectivity index (χ2v) is 1.72. The van der Waals surface area contributed by atoms with Gasteiger partial charge in [0.2, 0.25) is 0 Å². The summed E-state index contributed by atoms with van der Waals surface area (Å²) < 4.78 is 4.48. The highest BCUT2D eigenvalue weighted by atomic mass is 16.5. The molecule has 0 unspecified atom stereocenters. The topological polar surface area (TPSA) is 46.2 Å². The van der Waals surface area contributed by atoms with Gasteiger partial charge in [0.15, 0.2) is 6.61 Å². The maximum atomic E-state index is 10.2.